The molecule has 1 saturated heterocycles. The van der Waals surface area contributed by atoms with Crippen LogP contribution < -0.4 is 10.4 Å². The zero-order valence-corrected chi connectivity index (χ0v) is 13.4. The van der Waals surface area contributed by atoms with Gasteiger partial charge in [-0.05, 0) is 51.2 Å². The van der Waals surface area contributed by atoms with E-state index in [0.717, 1.165) is 17.6 Å². The molecule has 2 aliphatic rings. The maximum absolute atomic E-state index is 11.7. The Hall–Kier alpha value is -1.33. The first-order valence-corrected chi connectivity index (χ1v) is 7.46. The van der Waals surface area contributed by atoms with Crippen LogP contribution in [-0.2, 0) is 20.5 Å². The molecule has 0 N–H and O–H groups in total. The average Bonchev–Trinajstić information content (AvgIpc) is 2.63. The molecule has 5 heteroatoms. The molecule has 2 heterocycles. The number of fused-ring (bicyclic) bond motifs is 1. The maximum atomic E-state index is 11.7. The highest BCUT2D eigenvalue weighted by atomic mass is 16.7. The molecule has 0 aromatic heterocycles. The Morgan fingerprint density at radius 3 is 2.33 bits per heavy atom. The monoisotopic (exact) mass is 287 g/mol. The molecular formula is C16H22BNO3. The second-order valence-corrected chi connectivity index (χ2v) is 6.93. The van der Waals surface area contributed by atoms with E-state index in [2.05, 4.69) is 33.8 Å². The quantitative estimate of drug-likeness (QED) is 0.740. The van der Waals surface area contributed by atoms with Crippen molar-refractivity contribution in [3.63, 3.8) is 0 Å². The first kappa shape index (κ1) is 14.6. The lowest BCUT2D eigenvalue weighted by atomic mass is 9.77. The third-order valence-electron chi connectivity index (χ3n) is 4.97. The van der Waals surface area contributed by atoms with Gasteiger partial charge in [0.2, 0.25) is 5.91 Å². The number of hydrogen-bond donors (Lipinski definition) is 0. The van der Waals surface area contributed by atoms with Crippen LogP contribution in [0.3, 0.4) is 0 Å². The summed E-state index contributed by atoms with van der Waals surface area (Å²) < 4.78 is 12.2. The van der Waals surface area contributed by atoms with Gasteiger partial charge in [-0.2, -0.15) is 0 Å². The Kier molecular flexibility index (Phi) is 3.19. The molecular weight excluding hydrogens is 265 g/mol. The van der Waals surface area contributed by atoms with Crippen LogP contribution in [0.15, 0.2) is 18.2 Å². The predicted octanol–water partition coefficient (Wildman–Crippen LogP) is 1.89. The van der Waals surface area contributed by atoms with Crippen molar-refractivity contribution >= 4 is 24.2 Å². The van der Waals surface area contributed by atoms with E-state index < -0.39 is 0 Å². The van der Waals surface area contributed by atoms with E-state index in [9.17, 15) is 4.79 Å². The molecule has 1 amide bonds. The van der Waals surface area contributed by atoms with Crippen molar-refractivity contribution in [1.29, 1.82) is 0 Å². The molecule has 0 bridgehead atoms. The fourth-order valence-corrected chi connectivity index (χ4v) is 2.80. The Bertz CT molecular complexity index is 581. The molecule has 0 aliphatic carbocycles. The molecule has 0 saturated carbocycles. The third-order valence-corrected chi connectivity index (χ3v) is 4.97. The van der Waals surface area contributed by atoms with Crippen molar-refractivity contribution in [2.75, 3.05) is 11.9 Å². The molecule has 1 fully saturated rings. The van der Waals surface area contributed by atoms with E-state index >= 15 is 0 Å². The summed E-state index contributed by atoms with van der Waals surface area (Å²) in [5.74, 6) is 0.172. The summed E-state index contributed by atoms with van der Waals surface area (Å²) in [5, 5.41) is 0. The van der Waals surface area contributed by atoms with E-state index in [1.54, 1.807) is 4.90 Å². The van der Waals surface area contributed by atoms with Crippen LogP contribution in [0.5, 0.6) is 0 Å². The maximum Gasteiger partial charge on any atom is 0.494 e. The summed E-state index contributed by atoms with van der Waals surface area (Å²) in [4.78, 5) is 13.5. The van der Waals surface area contributed by atoms with Crippen LogP contribution in [0.1, 0.15) is 39.7 Å². The Labute approximate surface area is 126 Å². The topological polar surface area (TPSA) is 38.8 Å². The number of amides is 1. The van der Waals surface area contributed by atoms with E-state index in [1.807, 2.05) is 19.2 Å². The van der Waals surface area contributed by atoms with Gasteiger partial charge in [0.1, 0.15) is 0 Å². The number of rotatable bonds is 1. The second-order valence-electron chi connectivity index (χ2n) is 6.93. The zero-order valence-electron chi connectivity index (χ0n) is 13.4. The van der Waals surface area contributed by atoms with Gasteiger partial charge in [0.15, 0.2) is 0 Å². The molecule has 1 aromatic rings. The van der Waals surface area contributed by atoms with Gasteiger partial charge < -0.3 is 14.2 Å². The van der Waals surface area contributed by atoms with Gasteiger partial charge in [0.05, 0.1) is 11.2 Å². The lowest BCUT2D eigenvalue weighted by molar-refractivity contribution is -0.118. The normalized spacial score (nSPS) is 23.4. The fraction of sp³-hybridized carbons (Fsp3) is 0.562. The van der Waals surface area contributed by atoms with Crippen molar-refractivity contribution in [1.82, 2.24) is 0 Å². The highest BCUT2D eigenvalue weighted by Crippen LogP contribution is 2.37. The summed E-state index contributed by atoms with van der Waals surface area (Å²) in [7, 11) is 1.48. The van der Waals surface area contributed by atoms with E-state index in [-0.39, 0.29) is 24.2 Å². The first-order chi connectivity index (χ1) is 9.71. The van der Waals surface area contributed by atoms with Crippen LogP contribution in [0, 0.1) is 0 Å². The summed E-state index contributed by atoms with van der Waals surface area (Å²) in [6, 6.07) is 6.10. The van der Waals surface area contributed by atoms with Crippen LogP contribution in [-0.4, -0.2) is 31.3 Å². The molecule has 0 spiro atoms. The number of carbonyl (C=O) groups excluding carboxylic acids is 1. The Morgan fingerprint density at radius 2 is 1.71 bits per heavy atom. The van der Waals surface area contributed by atoms with Crippen molar-refractivity contribution in [2.45, 2.75) is 51.7 Å². The molecule has 2 aliphatic heterocycles. The molecule has 3 rings (SSSR count). The predicted molar refractivity (Wildman–Crippen MR) is 83.9 cm³/mol. The minimum atomic E-state index is -0.344. The number of carbonyl (C=O) groups is 1. The minimum Gasteiger partial charge on any atom is -0.399 e. The number of anilines is 1. The van der Waals surface area contributed by atoms with Crippen LogP contribution in [0.2, 0.25) is 0 Å². The van der Waals surface area contributed by atoms with Gasteiger partial charge in [0.25, 0.3) is 0 Å². The van der Waals surface area contributed by atoms with Gasteiger partial charge in [-0.25, -0.2) is 0 Å². The molecule has 0 unspecified atom stereocenters. The first-order valence-electron chi connectivity index (χ1n) is 7.46. The average molecular weight is 287 g/mol. The van der Waals surface area contributed by atoms with Crippen molar-refractivity contribution in [2.24, 2.45) is 0 Å². The number of nitrogens with zero attached hydrogens (tertiary/aromatic N) is 1. The van der Waals surface area contributed by atoms with E-state index in [4.69, 9.17) is 9.31 Å². The van der Waals surface area contributed by atoms with Crippen LogP contribution in [0.4, 0.5) is 5.69 Å². The summed E-state index contributed by atoms with van der Waals surface area (Å²) in [6.07, 6.45) is 1.35. The van der Waals surface area contributed by atoms with Gasteiger partial charge in [-0.1, -0.05) is 12.1 Å². The van der Waals surface area contributed by atoms with Gasteiger partial charge in [-0.3, -0.25) is 4.79 Å². The summed E-state index contributed by atoms with van der Waals surface area (Å²) in [5.41, 5.74) is 2.53. The Balaban J connectivity index is 1.91. The van der Waals surface area contributed by atoms with Gasteiger partial charge >= 0.3 is 7.12 Å². The van der Waals surface area contributed by atoms with Crippen molar-refractivity contribution in [3.05, 3.63) is 23.8 Å². The van der Waals surface area contributed by atoms with E-state index in [0.29, 0.717) is 6.42 Å². The highest BCUT2D eigenvalue weighted by molar-refractivity contribution is 6.62. The van der Waals surface area contributed by atoms with E-state index in [1.165, 1.54) is 5.56 Å². The lowest BCUT2D eigenvalue weighted by Crippen LogP contribution is -2.41. The molecule has 112 valence electrons. The molecule has 4 nitrogen and oxygen atoms in total. The summed E-state index contributed by atoms with van der Waals surface area (Å²) >= 11 is 0. The van der Waals surface area contributed by atoms with Crippen LogP contribution >= 0.6 is 0 Å². The van der Waals surface area contributed by atoms with Gasteiger partial charge in [0, 0.05) is 19.2 Å². The molecule has 0 atom stereocenters. The second kappa shape index (κ2) is 4.58. The number of aryl methyl sites for hydroxylation is 1. The summed E-state index contributed by atoms with van der Waals surface area (Å²) in [6.45, 7) is 8.21. The Morgan fingerprint density at radius 1 is 1.10 bits per heavy atom. The number of hydrogen-bond acceptors (Lipinski definition) is 3. The SMILES string of the molecule is CN1C(=O)CCc2cc(B3OC(C)(C)C(C)(C)O3)ccc21. The third kappa shape index (κ3) is 2.28. The zero-order chi connectivity index (χ0) is 15.4. The van der Waals surface area contributed by atoms with Crippen molar-refractivity contribution < 1.29 is 14.1 Å². The van der Waals surface area contributed by atoms with Crippen LogP contribution in [0.25, 0.3) is 0 Å². The molecule has 1 aromatic carbocycles. The van der Waals surface area contributed by atoms with Crippen molar-refractivity contribution in [3.8, 4) is 0 Å². The standard InChI is InChI=1S/C16H22BNO3/c1-15(2)16(3,4)21-17(20-15)12-7-8-13-11(10-12)6-9-14(19)18(13)5/h7-8,10H,6,9H2,1-5H3. The number of benzene rings is 1. The fourth-order valence-electron chi connectivity index (χ4n) is 2.80. The molecule has 0 radical (unpaired) electrons. The van der Waals surface area contributed by atoms with Gasteiger partial charge in [-0.15, -0.1) is 0 Å². The lowest BCUT2D eigenvalue weighted by Gasteiger charge is -2.32. The largest absolute Gasteiger partial charge is 0.494 e. The minimum absolute atomic E-state index is 0.172. The molecule has 21 heavy (non-hydrogen) atoms. The smallest absolute Gasteiger partial charge is 0.399 e. The highest BCUT2D eigenvalue weighted by Gasteiger charge is 2.51.